The molecule has 1 aromatic carbocycles. The molecule has 0 spiro atoms. The molecule has 1 aromatic rings. The quantitative estimate of drug-likeness (QED) is 0.533. The lowest BCUT2D eigenvalue weighted by Gasteiger charge is -2.29. The van der Waals surface area contributed by atoms with Gasteiger partial charge in [-0.2, -0.15) is 11.8 Å². The first-order valence-electron chi connectivity index (χ1n) is 8.98. The summed E-state index contributed by atoms with van der Waals surface area (Å²) in [5.74, 6) is -1.57. The number of rotatable bonds is 6. The number of carbonyl (C=O) groups is 3. The molecule has 0 aliphatic carbocycles. The molecular weight excluding hydrogens is 368 g/mol. The topological polar surface area (TPSA) is 101 Å². The number of phenols is 1. The number of fused-ring (bicyclic) bond motifs is 1. The average molecular weight is 393 g/mol. The second-order valence-electron chi connectivity index (χ2n) is 6.98. The molecule has 0 unspecified atom stereocenters. The van der Waals surface area contributed by atoms with Gasteiger partial charge in [-0.05, 0) is 43.2 Å². The molecule has 4 atom stereocenters. The summed E-state index contributed by atoms with van der Waals surface area (Å²) in [6, 6.07) is 6.20. The van der Waals surface area contributed by atoms with Gasteiger partial charge in [0.15, 0.2) is 0 Å². The maximum absolute atomic E-state index is 13.1. The average Bonchev–Trinajstić information content (AvgIpc) is 3.14. The maximum atomic E-state index is 13.1. The first kappa shape index (κ1) is 19.7. The van der Waals surface area contributed by atoms with E-state index < -0.39 is 23.3 Å². The number of aromatic hydroxyl groups is 1. The van der Waals surface area contributed by atoms with E-state index in [9.17, 15) is 19.5 Å². The number of thioether (sulfide) groups is 1. The van der Waals surface area contributed by atoms with Gasteiger partial charge in [0, 0.05) is 18.5 Å². The van der Waals surface area contributed by atoms with E-state index in [-0.39, 0.29) is 30.2 Å². The fourth-order valence-corrected chi connectivity index (χ4v) is 5.03. The zero-order valence-electron chi connectivity index (χ0n) is 15.7. The van der Waals surface area contributed by atoms with Gasteiger partial charge in [0.2, 0.25) is 17.4 Å². The molecular formula is C19H25N2O5S+. The normalized spacial score (nSPS) is 29.9. The summed E-state index contributed by atoms with van der Waals surface area (Å²) in [7, 11) is 1.32. The summed E-state index contributed by atoms with van der Waals surface area (Å²) in [5, 5.41) is 11.4. The van der Waals surface area contributed by atoms with Crippen LogP contribution in [0, 0.1) is 11.8 Å². The number of likely N-dealkylation sites (tertiary alicyclic amines) is 1. The van der Waals surface area contributed by atoms with Gasteiger partial charge in [0.25, 0.3) is 0 Å². The minimum Gasteiger partial charge on any atom is -0.508 e. The van der Waals surface area contributed by atoms with Gasteiger partial charge >= 0.3 is 5.97 Å². The molecule has 2 amide bonds. The van der Waals surface area contributed by atoms with Crippen molar-refractivity contribution in [2.45, 2.75) is 24.9 Å². The number of amides is 2. The third-order valence-electron chi connectivity index (χ3n) is 5.74. The number of ether oxygens (including phenoxy) is 1. The molecule has 2 heterocycles. The predicted molar refractivity (Wildman–Crippen MR) is 99.9 cm³/mol. The van der Waals surface area contributed by atoms with Crippen molar-refractivity contribution in [1.29, 1.82) is 0 Å². The smallest absolute Gasteiger partial charge is 0.368 e. The van der Waals surface area contributed by atoms with E-state index in [0.717, 1.165) is 5.56 Å². The molecule has 2 saturated heterocycles. The van der Waals surface area contributed by atoms with Crippen LogP contribution in [0.2, 0.25) is 0 Å². The van der Waals surface area contributed by atoms with E-state index in [0.29, 0.717) is 12.2 Å². The molecule has 0 radical (unpaired) electrons. The minimum absolute atomic E-state index is 0.124. The number of carbonyl (C=O) groups excluding carboxylic acids is 3. The molecule has 0 aromatic heterocycles. The summed E-state index contributed by atoms with van der Waals surface area (Å²) in [4.78, 5) is 40.3. The molecule has 2 aliphatic rings. The highest BCUT2D eigenvalue weighted by atomic mass is 32.2. The second-order valence-corrected chi connectivity index (χ2v) is 7.97. The highest BCUT2D eigenvalue weighted by Gasteiger charge is 2.71. The maximum Gasteiger partial charge on any atom is 0.368 e. The van der Waals surface area contributed by atoms with E-state index in [4.69, 9.17) is 4.74 Å². The molecule has 0 saturated carbocycles. The third kappa shape index (κ3) is 3.00. The van der Waals surface area contributed by atoms with Crippen molar-refractivity contribution >= 4 is 29.5 Å². The van der Waals surface area contributed by atoms with Crippen LogP contribution in [0.15, 0.2) is 24.3 Å². The Balaban J connectivity index is 2.12. The molecule has 27 heavy (non-hydrogen) atoms. The first-order chi connectivity index (χ1) is 12.9. The van der Waals surface area contributed by atoms with Crippen LogP contribution in [0.4, 0.5) is 0 Å². The number of quaternary nitrogens is 1. The largest absolute Gasteiger partial charge is 0.508 e. The van der Waals surface area contributed by atoms with Gasteiger partial charge in [-0.25, -0.2) is 4.79 Å². The summed E-state index contributed by atoms with van der Waals surface area (Å²) in [6.07, 6.45) is 2.38. The zero-order valence-corrected chi connectivity index (χ0v) is 16.5. The van der Waals surface area contributed by atoms with E-state index in [1.807, 2.05) is 11.6 Å². The highest BCUT2D eigenvalue weighted by Crippen LogP contribution is 2.46. The number of methoxy groups -OCH3 is 1. The van der Waals surface area contributed by atoms with Crippen LogP contribution in [0.3, 0.4) is 0 Å². The van der Waals surface area contributed by atoms with E-state index >= 15 is 0 Å². The van der Waals surface area contributed by atoms with Crippen LogP contribution in [0.1, 0.15) is 24.9 Å². The number of nitrogens with zero attached hydrogens (tertiary/aromatic N) is 1. The van der Waals surface area contributed by atoms with E-state index in [2.05, 4.69) is 0 Å². The Morgan fingerprint density at radius 2 is 1.96 bits per heavy atom. The van der Waals surface area contributed by atoms with Crippen LogP contribution < -0.4 is 5.32 Å². The van der Waals surface area contributed by atoms with Gasteiger partial charge in [-0.15, -0.1) is 0 Å². The van der Waals surface area contributed by atoms with Crippen molar-refractivity contribution < 1.29 is 29.5 Å². The molecule has 146 valence electrons. The Hall–Kier alpha value is -2.06. The van der Waals surface area contributed by atoms with Crippen molar-refractivity contribution in [3.8, 4) is 5.75 Å². The Labute approximate surface area is 162 Å². The van der Waals surface area contributed by atoms with Crippen molar-refractivity contribution in [2.24, 2.45) is 11.8 Å². The first-order valence-corrected chi connectivity index (χ1v) is 10.4. The lowest BCUT2D eigenvalue weighted by molar-refractivity contribution is -0.734. The van der Waals surface area contributed by atoms with Crippen molar-refractivity contribution in [2.75, 3.05) is 25.7 Å². The number of benzene rings is 1. The number of hydrogen-bond acceptors (Lipinski definition) is 6. The number of imide groups is 1. The third-order valence-corrected chi connectivity index (χ3v) is 6.35. The lowest BCUT2D eigenvalue weighted by Crippen LogP contribution is -2.98. The molecule has 0 bridgehead atoms. The fourth-order valence-electron chi connectivity index (χ4n) is 4.49. The number of hydrogen-bond donors (Lipinski definition) is 2. The molecule has 3 rings (SSSR count). The molecule has 8 heteroatoms. The summed E-state index contributed by atoms with van der Waals surface area (Å²) in [6.45, 7) is 2.05. The van der Waals surface area contributed by atoms with Crippen LogP contribution in [-0.4, -0.2) is 59.0 Å². The van der Waals surface area contributed by atoms with Crippen molar-refractivity contribution in [3.05, 3.63) is 29.8 Å². The Morgan fingerprint density at radius 3 is 2.52 bits per heavy atom. The summed E-state index contributed by atoms with van der Waals surface area (Å²) in [5.41, 5.74) is -0.321. The predicted octanol–water partition coefficient (Wildman–Crippen LogP) is 0.296. The monoisotopic (exact) mass is 393 g/mol. The van der Waals surface area contributed by atoms with Crippen LogP contribution >= 0.6 is 11.8 Å². The molecule has 7 nitrogen and oxygen atoms in total. The van der Waals surface area contributed by atoms with Crippen LogP contribution in [0.5, 0.6) is 5.75 Å². The highest BCUT2D eigenvalue weighted by molar-refractivity contribution is 7.98. The Kier molecular flexibility index (Phi) is 5.48. The number of phenolic OH excluding ortho intramolecular Hbond substituents is 1. The lowest BCUT2D eigenvalue weighted by atomic mass is 9.78. The fraction of sp³-hybridized carbons (Fsp3) is 0.526. The summed E-state index contributed by atoms with van der Waals surface area (Å²) < 4.78 is 5.10. The minimum atomic E-state index is -1.12. The van der Waals surface area contributed by atoms with Crippen LogP contribution in [0.25, 0.3) is 0 Å². The van der Waals surface area contributed by atoms with Gasteiger partial charge in [-0.3, -0.25) is 14.5 Å². The zero-order chi connectivity index (χ0) is 19.8. The summed E-state index contributed by atoms with van der Waals surface area (Å²) >= 11 is 1.59. The van der Waals surface area contributed by atoms with Crippen molar-refractivity contribution in [3.63, 3.8) is 0 Å². The Morgan fingerprint density at radius 1 is 1.30 bits per heavy atom. The number of esters is 1. The SMILES string of the molecule is CCN1C(=O)[C@@H]2[C@@H](C1=O)[C@](CCSC)(C(=O)OC)[NH2+][C@H]2c1ccc(O)cc1. The number of nitrogens with two attached hydrogens (primary N) is 1. The van der Waals surface area contributed by atoms with Gasteiger partial charge in [0.1, 0.15) is 23.6 Å². The molecule has 3 N–H and O–H groups in total. The van der Waals surface area contributed by atoms with Crippen molar-refractivity contribution in [1.82, 2.24) is 4.90 Å². The van der Waals surface area contributed by atoms with Gasteiger partial charge < -0.3 is 15.2 Å². The second kappa shape index (κ2) is 7.52. The van der Waals surface area contributed by atoms with E-state index in [1.165, 1.54) is 12.0 Å². The Bertz CT molecular complexity index is 753. The molecule has 2 aliphatic heterocycles. The standard InChI is InChI=1S/C19H24N2O5S/c1-4-21-16(23)13-14(17(21)24)19(9-10-27-3,18(25)26-2)20-15(13)11-5-7-12(22)8-6-11/h5-8,13-15,20,22H,4,9-10H2,1-3H3/p+1/t13-,14+,15+,19-/m1/s1. The molecule has 2 fully saturated rings. The van der Waals surface area contributed by atoms with Gasteiger partial charge in [0.05, 0.1) is 7.11 Å². The van der Waals surface area contributed by atoms with E-state index in [1.54, 1.807) is 43.0 Å². The van der Waals surface area contributed by atoms with Gasteiger partial charge in [-0.1, -0.05) is 0 Å². The van der Waals surface area contributed by atoms with Crippen LogP contribution in [-0.2, 0) is 19.1 Å².